The van der Waals surface area contributed by atoms with Crippen LogP contribution < -0.4 is 19.5 Å². The monoisotopic (exact) mass is 544 g/mol. The summed E-state index contributed by atoms with van der Waals surface area (Å²) in [7, 11) is 1.59. The fraction of sp³-hybridized carbons (Fsp3) is 0.308. The Morgan fingerprint density at radius 2 is 1.50 bits per heavy atom. The number of methoxy groups -OCH3 is 1. The van der Waals surface area contributed by atoms with E-state index in [0.29, 0.717) is 18.1 Å². The van der Waals surface area contributed by atoms with Crippen molar-refractivity contribution in [2.45, 2.75) is 19.0 Å². The van der Waals surface area contributed by atoms with Crippen molar-refractivity contribution in [2.24, 2.45) is 0 Å². The second-order valence-corrected chi connectivity index (χ2v) is 7.99. The van der Waals surface area contributed by atoms with Crippen LogP contribution in [0.15, 0.2) is 72.8 Å². The van der Waals surface area contributed by atoms with Gasteiger partial charge in [0.1, 0.15) is 12.4 Å². The Morgan fingerprint density at radius 1 is 0.861 bits per heavy atom. The summed E-state index contributed by atoms with van der Waals surface area (Å²) in [6, 6.07) is 21.6. The van der Waals surface area contributed by atoms with Gasteiger partial charge in [0.2, 0.25) is 0 Å². The minimum atomic E-state index is -4.72. The van der Waals surface area contributed by atoms with Crippen molar-refractivity contribution in [3.63, 3.8) is 0 Å². The molecule has 1 aliphatic rings. The van der Waals surface area contributed by atoms with Crippen LogP contribution in [0.25, 0.3) is 0 Å². The van der Waals surface area contributed by atoms with E-state index in [4.69, 9.17) is 9.47 Å². The number of alkyl halides is 3. The summed E-state index contributed by atoms with van der Waals surface area (Å²) in [5, 5.41) is 3.34. The van der Waals surface area contributed by atoms with Crippen molar-refractivity contribution in [3.05, 3.63) is 89.5 Å². The molecule has 0 saturated carbocycles. The van der Waals surface area contributed by atoms with E-state index >= 15 is 0 Å². The highest BCUT2D eigenvalue weighted by Crippen LogP contribution is 2.36. The molecule has 1 atom stereocenters. The zero-order chi connectivity index (χ0) is 24.0. The Kier molecular flexibility index (Phi) is 11.2. The van der Waals surface area contributed by atoms with Gasteiger partial charge in [-0.15, -0.1) is 38.0 Å². The minimum Gasteiger partial charge on any atom is -0.493 e. The third-order valence-corrected chi connectivity index (χ3v) is 5.69. The first kappa shape index (κ1) is 29.6. The summed E-state index contributed by atoms with van der Waals surface area (Å²) >= 11 is 0. The second-order valence-electron chi connectivity index (χ2n) is 7.99. The molecule has 36 heavy (non-hydrogen) atoms. The summed E-state index contributed by atoms with van der Waals surface area (Å²) < 4.78 is 53.4. The van der Waals surface area contributed by atoms with Crippen molar-refractivity contribution in [2.75, 3.05) is 33.3 Å². The van der Waals surface area contributed by atoms with Crippen LogP contribution in [0, 0.1) is 0 Å². The molecule has 1 N–H and O–H groups in total. The van der Waals surface area contributed by atoms with Crippen molar-refractivity contribution >= 4 is 24.8 Å². The molecule has 4 rings (SSSR count). The third kappa shape index (κ3) is 7.93. The number of ether oxygens (including phenoxy) is 3. The minimum absolute atomic E-state index is 0. The Hall–Kier alpha value is -2.65. The summed E-state index contributed by atoms with van der Waals surface area (Å²) in [5.41, 5.74) is 2.89. The van der Waals surface area contributed by atoms with E-state index in [1.165, 1.54) is 12.1 Å². The Morgan fingerprint density at radius 3 is 2.11 bits per heavy atom. The molecule has 1 saturated heterocycles. The lowest BCUT2D eigenvalue weighted by Gasteiger charge is -2.36. The van der Waals surface area contributed by atoms with Crippen LogP contribution in [0.5, 0.6) is 17.2 Å². The number of halogens is 5. The molecule has 1 fully saturated rings. The largest absolute Gasteiger partial charge is 0.573 e. The van der Waals surface area contributed by atoms with Crippen LogP contribution in [0.3, 0.4) is 0 Å². The van der Waals surface area contributed by atoms with E-state index < -0.39 is 6.36 Å². The molecule has 0 spiro atoms. The molecular formula is C26H29Cl2F3N2O3. The van der Waals surface area contributed by atoms with E-state index in [0.717, 1.165) is 42.9 Å². The number of piperazine rings is 1. The molecule has 0 radical (unpaired) electrons. The predicted octanol–water partition coefficient (Wildman–Crippen LogP) is 6.01. The first-order valence-corrected chi connectivity index (χ1v) is 11.1. The van der Waals surface area contributed by atoms with E-state index in [2.05, 4.69) is 15.0 Å². The van der Waals surface area contributed by atoms with E-state index in [1.807, 2.05) is 48.5 Å². The molecule has 0 aliphatic carbocycles. The molecule has 10 heteroatoms. The molecule has 0 aromatic heterocycles. The summed E-state index contributed by atoms with van der Waals surface area (Å²) in [5.74, 6) is 0.992. The number of rotatable bonds is 8. The smallest absolute Gasteiger partial charge is 0.493 e. The van der Waals surface area contributed by atoms with Gasteiger partial charge in [-0.2, -0.15) is 0 Å². The lowest BCUT2D eigenvalue weighted by Crippen LogP contribution is -2.45. The highest BCUT2D eigenvalue weighted by atomic mass is 35.5. The van der Waals surface area contributed by atoms with Crippen LogP contribution in [-0.2, 0) is 6.61 Å². The lowest BCUT2D eigenvalue weighted by molar-refractivity contribution is -0.274. The molecule has 0 amide bonds. The lowest BCUT2D eigenvalue weighted by atomic mass is 9.96. The standard InChI is InChI=1S/C26H27F3N2O3.2ClH/c1-32-24-17-21(9-12-23(24)33-18-19-5-3-2-4-6-19)25(31-15-13-30-14-16-31)20-7-10-22(11-8-20)34-26(27,28)29;;/h2-12,17,25,30H,13-16,18H2,1H3;2*1H/t25-;;/m0../s1. The number of benzene rings is 3. The van der Waals surface area contributed by atoms with Crippen molar-refractivity contribution in [1.29, 1.82) is 0 Å². The molecule has 3 aromatic carbocycles. The number of nitrogens with one attached hydrogen (secondary N) is 1. The molecule has 1 heterocycles. The summed E-state index contributed by atoms with van der Waals surface area (Å²) in [6.07, 6.45) is -4.72. The highest BCUT2D eigenvalue weighted by molar-refractivity contribution is 5.85. The maximum Gasteiger partial charge on any atom is 0.573 e. The summed E-state index contributed by atoms with van der Waals surface area (Å²) in [6.45, 7) is 3.70. The van der Waals surface area contributed by atoms with Gasteiger partial charge in [0, 0.05) is 26.2 Å². The van der Waals surface area contributed by atoms with Gasteiger partial charge in [-0.3, -0.25) is 4.90 Å². The topological polar surface area (TPSA) is 43.0 Å². The van der Waals surface area contributed by atoms with Gasteiger partial charge >= 0.3 is 6.36 Å². The highest BCUT2D eigenvalue weighted by Gasteiger charge is 2.31. The number of hydrogen-bond donors (Lipinski definition) is 1. The first-order chi connectivity index (χ1) is 16.4. The van der Waals surface area contributed by atoms with Gasteiger partial charge in [0.05, 0.1) is 13.2 Å². The van der Waals surface area contributed by atoms with Crippen molar-refractivity contribution in [3.8, 4) is 17.2 Å². The fourth-order valence-electron chi connectivity index (χ4n) is 4.12. The average Bonchev–Trinajstić information content (AvgIpc) is 2.85. The second kappa shape index (κ2) is 13.6. The quantitative estimate of drug-likeness (QED) is 0.376. The molecule has 0 unspecified atom stereocenters. The van der Waals surface area contributed by atoms with Gasteiger partial charge in [0.15, 0.2) is 11.5 Å². The van der Waals surface area contributed by atoms with Gasteiger partial charge in [0.25, 0.3) is 0 Å². The zero-order valence-electron chi connectivity index (χ0n) is 19.7. The maximum absolute atomic E-state index is 12.6. The first-order valence-electron chi connectivity index (χ1n) is 11.1. The maximum atomic E-state index is 12.6. The van der Waals surface area contributed by atoms with Crippen LogP contribution in [0.1, 0.15) is 22.7 Å². The fourth-order valence-corrected chi connectivity index (χ4v) is 4.12. The average molecular weight is 545 g/mol. The van der Waals surface area contributed by atoms with E-state index in [9.17, 15) is 13.2 Å². The molecule has 1 aliphatic heterocycles. The predicted molar refractivity (Wildman–Crippen MR) is 138 cm³/mol. The van der Waals surface area contributed by atoms with Crippen LogP contribution in [0.2, 0.25) is 0 Å². The van der Waals surface area contributed by atoms with Crippen LogP contribution in [-0.4, -0.2) is 44.6 Å². The SMILES string of the molecule is COc1cc([C@H](c2ccc(OC(F)(F)F)cc2)N2CCNCC2)ccc1OCc1ccccc1.Cl.Cl. The van der Waals surface area contributed by atoms with Gasteiger partial charge < -0.3 is 19.5 Å². The Balaban J connectivity index is 0.00000228. The van der Waals surface area contributed by atoms with Gasteiger partial charge in [-0.25, -0.2) is 0 Å². The van der Waals surface area contributed by atoms with Crippen molar-refractivity contribution in [1.82, 2.24) is 10.2 Å². The zero-order valence-corrected chi connectivity index (χ0v) is 21.3. The normalized spacial score (nSPS) is 14.7. The number of nitrogens with zero attached hydrogens (tertiary/aromatic N) is 1. The van der Waals surface area contributed by atoms with E-state index in [1.54, 1.807) is 19.2 Å². The molecule has 0 bridgehead atoms. The van der Waals surface area contributed by atoms with Crippen LogP contribution >= 0.6 is 24.8 Å². The van der Waals surface area contributed by atoms with Gasteiger partial charge in [-0.1, -0.05) is 48.5 Å². The Labute approximate surface area is 221 Å². The number of hydrogen-bond acceptors (Lipinski definition) is 5. The van der Waals surface area contributed by atoms with E-state index in [-0.39, 0.29) is 36.6 Å². The molecule has 5 nitrogen and oxygen atoms in total. The molecular weight excluding hydrogens is 516 g/mol. The van der Waals surface area contributed by atoms with Crippen LogP contribution in [0.4, 0.5) is 13.2 Å². The molecule has 196 valence electrons. The Bertz CT molecular complexity index is 1060. The van der Waals surface area contributed by atoms with Crippen molar-refractivity contribution < 1.29 is 27.4 Å². The van der Waals surface area contributed by atoms with Gasteiger partial charge in [-0.05, 0) is 41.0 Å². The summed E-state index contributed by atoms with van der Waals surface area (Å²) in [4.78, 5) is 2.30. The third-order valence-electron chi connectivity index (χ3n) is 5.69. The molecule has 3 aromatic rings.